The molecule has 10 aromatic rings. The number of halogens is 3. The van der Waals surface area contributed by atoms with Crippen LogP contribution in [0.5, 0.6) is 0 Å². The van der Waals surface area contributed by atoms with Crippen LogP contribution in [0.2, 0.25) is 0 Å². The Labute approximate surface area is 506 Å². The van der Waals surface area contributed by atoms with Crippen LogP contribution in [0.1, 0.15) is 112 Å². The summed E-state index contributed by atoms with van der Waals surface area (Å²) in [6.07, 6.45) is 8.78. The van der Waals surface area contributed by atoms with E-state index in [2.05, 4.69) is 278 Å². The van der Waals surface area contributed by atoms with Crippen molar-refractivity contribution < 1.29 is 20.1 Å². The van der Waals surface area contributed by atoms with Crippen LogP contribution in [0.25, 0.3) is 78.3 Å². The van der Waals surface area contributed by atoms with Gasteiger partial charge in [-0.25, -0.2) is 0 Å². The van der Waals surface area contributed by atoms with Crippen molar-refractivity contribution in [1.82, 2.24) is 15.0 Å². The van der Waals surface area contributed by atoms with Gasteiger partial charge in [-0.05, 0) is 123 Å². The second kappa shape index (κ2) is 23.7. The Bertz CT molecular complexity index is 3680. The molecule has 1 aliphatic rings. The van der Waals surface area contributed by atoms with Gasteiger partial charge in [-0.3, -0.25) is 0 Å². The second-order valence-electron chi connectivity index (χ2n) is 23.0. The number of nitrogens with zero attached hydrogens (tertiary/aromatic N) is 3. The summed E-state index contributed by atoms with van der Waals surface area (Å²) in [5.41, 5.74) is 22.7. The van der Waals surface area contributed by atoms with Gasteiger partial charge in [0.2, 0.25) is 0 Å². The van der Waals surface area contributed by atoms with Crippen molar-refractivity contribution in [3.8, 4) is 78.3 Å². The van der Waals surface area contributed by atoms with Gasteiger partial charge in [-0.1, -0.05) is 257 Å². The van der Waals surface area contributed by atoms with E-state index in [1.165, 1.54) is 50.1 Å². The average Bonchev–Trinajstić information content (AvgIpc) is 3.49. The quantitative estimate of drug-likeness (QED) is 0.128. The Kier molecular flexibility index (Phi) is 16.9. The monoisotopic (exact) mass is 1400 g/mol. The van der Waals surface area contributed by atoms with Crippen LogP contribution >= 0.6 is 47.8 Å². The van der Waals surface area contributed by atoms with Gasteiger partial charge in [-0.2, -0.15) is 0 Å². The maximum Gasteiger partial charge on any atom is 3.00 e. The van der Waals surface area contributed by atoms with E-state index < -0.39 is 0 Å². The van der Waals surface area contributed by atoms with Gasteiger partial charge >= 0.3 is 20.1 Å². The fourth-order valence-corrected chi connectivity index (χ4v) is 13.2. The van der Waals surface area contributed by atoms with E-state index in [9.17, 15) is 0 Å². The molecule has 0 aliphatic heterocycles. The van der Waals surface area contributed by atoms with E-state index in [1.54, 1.807) is 0 Å². The maximum absolute atomic E-state index is 4.95. The summed E-state index contributed by atoms with van der Waals surface area (Å²) in [4.78, 5) is 14.5. The molecular weight excluding hydrogens is 1340 g/mol. The zero-order chi connectivity index (χ0) is 54.3. The molecule has 2 unspecified atom stereocenters. The van der Waals surface area contributed by atoms with Crippen LogP contribution in [-0.4, -0.2) is 15.0 Å². The van der Waals surface area contributed by atoms with Crippen molar-refractivity contribution in [3.63, 3.8) is 0 Å². The van der Waals surface area contributed by atoms with Crippen LogP contribution in [-0.2, 0) is 30.9 Å². The number of benzene rings is 7. The van der Waals surface area contributed by atoms with Crippen molar-refractivity contribution in [2.45, 2.75) is 96.3 Å². The summed E-state index contributed by atoms with van der Waals surface area (Å²) in [5, 5.41) is 0. The number of hydrogen-bond donors (Lipinski definition) is 0. The van der Waals surface area contributed by atoms with Crippen LogP contribution < -0.4 is 0 Å². The molecule has 11 rings (SSSR count). The number of pyridine rings is 3. The molecule has 2 atom stereocenters. The largest absolute Gasteiger partial charge is 3.00 e. The van der Waals surface area contributed by atoms with E-state index in [0.717, 1.165) is 94.3 Å². The fourth-order valence-electron chi connectivity index (χ4n) is 11.5. The Morgan fingerprint density at radius 3 is 1.11 bits per heavy atom. The fraction of sp³-hybridized carbons (Fsp3) is 0.208. The third-order valence-corrected chi connectivity index (χ3v) is 17.7. The molecule has 0 bridgehead atoms. The average molecular weight is 1400 g/mol. The minimum absolute atomic E-state index is 0. The molecule has 7 aromatic carbocycles. The molecular formula is C72H61Br3IrN3. The van der Waals surface area contributed by atoms with Crippen molar-refractivity contribution >= 4 is 47.8 Å². The Morgan fingerprint density at radius 1 is 0.405 bits per heavy atom. The molecule has 0 saturated heterocycles. The van der Waals surface area contributed by atoms with Crippen LogP contribution in [0, 0.1) is 25.1 Å². The first kappa shape index (κ1) is 56.4. The first-order valence-electron chi connectivity index (χ1n) is 26.9. The molecule has 79 heavy (non-hydrogen) atoms. The third-order valence-electron chi connectivity index (χ3n) is 15.8. The van der Waals surface area contributed by atoms with Crippen molar-refractivity contribution in [3.05, 3.63) is 253 Å². The Hall–Kier alpha value is -5.92. The predicted molar refractivity (Wildman–Crippen MR) is 335 cm³/mol. The first-order chi connectivity index (χ1) is 37.6. The summed E-state index contributed by atoms with van der Waals surface area (Å²) in [6.45, 7) is 15.6. The smallest absolute Gasteiger partial charge is 0.305 e. The van der Waals surface area contributed by atoms with Gasteiger partial charge in [0.25, 0.3) is 0 Å². The molecule has 1 saturated carbocycles. The second-order valence-corrected chi connectivity index (χ2v) is 25.6. The first-order valence-corrected chi connectivity index (χ1v) is 29.3. The van der Waals surface area contributed by atoms with Gasteiger partial charge in [0.1, 0.15) is 0 Å². The molecule has 3 nitrogen and oxygen atoms in total. The predicted octanol–water partition coefficient (Wildman–Crippen LogP) is 21.0. The van der Waals surface area contributed by atoms with Crippen molar-refractivity contribution in [1.29, 1.82) is 0 Å². The zero-order valence-electron chi connectivity index (χ0n) is 45.6. The molecule has 0 N–H and O–H groups in total. The summed E-state index contributed by atoms with van der Waals surface area (Å²) in [5.74, 6) is 0.684. The van der Waals surface area contributed by atoms with Crippen LogP contribution in [0.15, 0.2) is 202 Å². The summed E-state index contributed by atoms with van der Waals surface area (Å²) in [7, 11) is 0. The molecule has 1 aliphatic carbocycles. The zero-order valence-corrected chi connectivity index (χ0v) is 52.7. The maximum atomic E-state index is 4.95. The van der Waals surface area contributed by atoms with E-state index >= 15 is 0 Å². The normalized spacial score (nSPS) is 15.6. The Balaban J connectivity index is 0.00000704. The van der Waals surface area contributed by atoms with Crippen molar-refractivity contribution in [2.75, 3.05) is 0 Å². The molecule has 1 fully saturated rings. The standard InChI is InChI=1S/C72H61Br3N3.Ir/c1-45-35-68(78-44-64(45)46-17-9-8-10-18-46)47-25-28-61(65(73)39-47)58-22-14-11-19-55(58)50-36-51(56-20-12-15-23-59(56)62-29-26-48(40-66(62)74)69-42-53(31-33-76-69)71(2,3)4)38-52(37-50)57-21-13-16-24-60(57)63-30-27-49(41-67(63)75)70-43-54(32-34-77-70)72(5,6)7;/h8-24,28-35,39-44,50-52H,36-38H2,1-7H3;/q-3;+3. The number of rotatable bonds is 10. The summed E-state index contributed by atoms with van der Waals surface area (Å²) in [6, 6.07) is 72.5. The molecule has 0 spiro atoms. The SMILES string of the molecule is Cc1cc(-c2[c-]cc(-c3ccccc3C3CC(c4ccccc4-c4c[c-]c(-c5cc(C(C)(C)C)ccn5)cc4Br)CC(c4ccccc4-c4c[c-]c(-c5cc(C(C)(C)C)ccn5)cc4Br)C3)c(Br)c2)ncc1-c1ccccc1.[Ir+3]. The summed E-state index contributed by atoms with van der Waals surface area (Å²) >= 11 is 12.2. The number of hydrogen-bond acceptors (Lipinski definition) is 3. The Morgan fingerprint density at radius 2 is 0.759 bits per heavy atom. The van der Waals surface area contributed by atoms with Crippen LogP contribution in [0.4, 0.5) is 0 Å². The topological polar surface area (TPSA) is 38.7 Å². The molecule has 0 radical (unpaired) electrons. The molecule has 7 heteroatoms. The van der Waals surface area contributed by atoms with Gasteiger partial charge in [0.05, 0.1) is 0 Å². The molecule has 394 valence electrons. The third kappa shape index (κ3) is 12.1. The van der Waals surface area contributed by atoms with E-state index in [1.807, 2.05) is 24.7 Å². The number of aromatic nitrogens is 3. The molecule has 3 heterocycles. The molecule has 3 aromatic heterocycles. The van der Waals surface area contributed by atoms with Gasteiger partial charge in [-0.15, -0.1) is 71.3 Å². The van der Waals surface area contributed by atoms with Crippen LogP contribution in [0.3, 0.4) is 0 Å². The van der Waals surface area contributed by atoms with Gasteiger partial charge < -0.3 is 15.0 Å². The van der Waals surface area contributed by atoms with Gasteiger partial charge in [0, 0.05) is 24.2 Å². The number of aryl methyl sites for hydroxylation is 1. The van der Waals surface area contributed by atoms with E-state index in [4.69, 9.17) is 15.0 Å². The van der Waals surface area contributed by atoms with Crippen molar-refractivity contribution in [2.24, 2.45) is 0 Å². The van der Waals surface area contributed by atoms with E-state index in [-0.39, 0.29) is 48.7 Å². The van der Waals surface area contributed by atoms with Gasteiger partial charge in [0.15, 0.2) is 0 Å². The minimum atomic E-state index is 0. The minimum Gasteiger partial charge on any atom is -0.305 e. The molecule has 0 amide bonds. The summed E-state index contributed by atoms with van der Waals surface area (Å²) < 4.78 is 3.07. The van der Waals surface area contributed by atoms with E-state index in [0.29, 0.717) is 0 Å².